The van der Waals surface area contributed by atoms with Crippen LogP contribution in [0.5, 0.6) is 5.75 Å². The average Bonchev–Trinajstić information content (AvgIpc) is 2.17. The Kier molecular flexibility index (Phi) is 5.61. The Bertz CT molecular complexity index is 365. The summed E-state index contributed by atoms with van der Waals surface area (Å²) in [7, 11) is 0. The zero-order chi connectivity index (χ0) is 11.6. The second kappa shape index (κ2) is 5.77. The van der Waals surface area contributed by atoms with Crippen LogP contribution < -0.4 is 5.73 Å². The number of hydrogen-bond acceptors (Lipinski definition) is 3. The minimum atomic E-state index is -3.45. The molecule has 0 spiro atoms. The third kappa shape index (κ3) is 3.28. The molecule has 1 aromatic rings. The molecule has 0 aliphatic carbocycles. The van der Waals surface area contributed by atoms with Crippen LogP contribution in [0.4, 0.5) is 8.78 Å². The van der Waals surface area contributed by atoms with Gasteiger partial charge in [-0.2, -0.15) is 0 Å². The highest BCUT2D eigenvalue weighted by molar-refractivity contribution is 9.10. The Morgan fingerprint density at radius 3 is 2.44 bits per heavy atom. The zero-order valence-electron chi connectivity index (χ0n) is 8.03. The first-order valence-electron chi connectivity index (χ1n) is 4.11. The molecule has 0 saturated carbocycles. The van der Waals surface area contributed by atoms with Crippen molar-refractivity contribution in [3.05, 3.63) is 28.2 Å². The number of halogens is 4. The molecule has 0 radical (unpaired) electrons. The van der Waals surface area contributed by atoms with Crippen LogP contribution >= 0.6 is 28.3 Å². The van der Waals surface area contributed by atoms with Crippen molar-refractivity contribution in [2.45, 2.75) is 12.0 Å². The lowest BCUT2D eigenvalue weighted by Crippen LogP contribution is -2.36. The minimum Gasteiger partial charge on any atom is -0.508 e. The van der Waals surface area contributed by atoms with Crippen LogP contribution in [0.1, 0.15) is 11.6 Å². The number of nitrogens with two attached hydrogens (primary N) is 1. The standard InChI is InChI=1S/C9H10BrF2NO2.ClH/c10-5-1-2-6(7(15)3-5)8(13)9(11,12)4-14;/h1-3,8,14-15H,4,13H2;1H/t8-;/m0./s1. The topological polar surface area (TPSA) is 66.5 Å². The predicted molar refractivity (Wildman–Crippen MR) is 62.0 cm³/mol. The van der Waals surface area contributed by atoms with E-state index < -0.39 is 18.6 Å². The number of hydrogen-bond donors (Lipinski definition) is 3. The van der Waals surface area contributed by atoms with E-state index >= 15 is 0 Å². The number of phenolic OH excluding ortho intramolecular Hbond substituents is 1. The largest absolute Gasteiger partial charge is 0.508 e. The van der Waals surface area contributed by atoms with Crippen molar-refractivity contribution >= 4 is 28.3 Å². The molecule has 0 aliphatic rings. The molecule has 92 valence electrons. The van der Waals surface area contributed by atoms with Crippen LogP contribution in [0, 0.1) is 0 Å². The molecule has 0 unspecified atom stereocenters. The number of alkyl halides is 2. The van der Waals surface area contributed by atoms with Gasteiger partial charge in [-0.15, -0.1) is 12.4 Å². The molecule has 1 rings (SSSR count). The van der Waals surface area contributed by atoms with Crippen molar-refractivity contribution < 1.29 is 19.0 Å². The maximum absolute atomic E-state index is 13.0. The molecule has 0 bridgehead atoms. The summed E-state index contributed by atoms with van der Waals surface area (Å²) in [6.45, 7) is -1.36. The number of benzene rings is 1. The molecule has 0 amide bonds. The maximum atomic E-state index is 13.0. The van der Waals surface area contributed by atoms with Crippen molar-refractivity contribution in [2.24, 2.45) is 5.73 Å². The summed E-state index contributed by atoms with van der Waals surface area (Å²) in [5.41, 5.74) is 5.15. The van der Waals surface area contributed by atoms with E-state index in [2.05, 4.69) is 15.9 Å². The Hall–Kier alpha value is -0.430. The second-order valence-electron chi connectivity index (χ2n) is 3.10. The van der Waals surface area contributed by atoms with Crippen LogP contribution in [-0.4, -0.2) is 22.7 Å². The first kappa shape index (κ1) is 15.6. The smallest absolute Gasteiger partial charge is 0.289 e. The highest BCUT2D eigenvalue weighted by Gasteiger charge is 2.38. The first-order valence-corrected chi connectivity index (χ1v) is 4.90. The van der Waals surface area contributed by atoms with E-state index in [0.29, 0.717) is 4.47 Å². The molecule has 16 heavy (non-hydrogen) atoms. The summed E-state index contributed by atoms with van der Waals surface area (Å²) in [5, 5.41) is 17.8. The fourth-order valence-corrected chi connectivity index (χ4v) is 1.45. The molecule has 0 heterocycles. The summed E-state index contributed by atoms with van der Waals surface area (Å²) in [6.07, 6.45) is 0. The van der Waals surface area contributed by atoms with Gasteiger partial charge in [-0.1, -0.05) is 22.0 Å². The monoisotopic (exact) mass is 317 g/mol. The lowest BCUT2D eigenvalue weighted by molar-refractivity contribution is -0.0715. The van der Waals surface area contributed by atoms with Crippen molar-refractivity contribution in [2.75, 3.05) is 6.61 Å². The highest BCUT2D eigenvalue weighted by Crippen LogP contribution is 2.34. The van der Waals surface area contributed by atoms with Gasteiger partial charge >= 0.3 is 0 Å². The molecule has 0 saturated heterocycles. The summed E-state index contributed by atoms with van der Waals surface area (Å²) in [6, 6.07) is 2.31. The van der Waals surface area contributed by atoms with E-state index in [0.717, 1.165) is 0 Å². The summed E-state index contributed by atoms with van der Waals surface area (Å²) in [5.74, 6) is -3.78. The average molecular weight is 319 g/mol. The quantitative estimate of drug-likeness (QED) is 0.800. The Morgan fingerprint density at radius 2 is 2.00 bits per heavy atom. The van der Waals surface area contributed by atoms with Crippen LogP contribution in [0.2, 0.25) is 0 Å². The lowest BCUT2D eigenvalue weighted by Gasteiger charge is -2.22. The van der Waals surface area contributed by atoms with Gasteiger partial charge in [-0.25, -0.2) is 8.78 Å². The highest BCUT2D eigenvalue weighted by atomic mass is 79.9. The molecule has 1 atom stereocenters. The van der Waals surface area contributed by atoms with E-state index in [4.69, 9.17) is 10.8 Å². The zero-order valence-corrected chi connectivity index (χ0v) is 10.4. The van der Waals surface area contributed by atoms with Gasteiger partial charge in [-0.3, -0.25) is 0 Å². The number of rotatable bonds is 3. The molecular formula is C9H11BrClF2NO2. The molecule has 4 N–H and O–H groups in total. The summed E-state index contributed by atoms with van der Waals surface area (Å²) < 4.78 is 26.6. The lowest BCUT2D eigenvalue weighted by atomic mass is 10.0. The van der Waals surface area contributed by atoms with Crippen LogP contribution in [-0.2, 0) is 0 Å². The van der Waals surface area contributed by atoms with Crippen LogP contribution in [0.3, 0.4) is 0 Å². The van der Waals surface area contributed by atoms with Gasteiger partial charge in [0.25, 0.3) is 5.92 Å². The first-order chi connectivity index (χ1) is 6.88. The SMILES string of the molecule is Cl.N[C@@H](c1ccc(Br)cc1O)C(F)(F)CO. The fourth-order valence-electron chi connectivity index (χ4n) is 1.11. The minimum absolute atomic E-state index is 0. The molecule has 1 aromatic carbocycles. The molecule has 0 fully saturated rings. The normalized spacial score (nSPS) is 13.1. The van der Waals surface area contributed by atoms with Crippen molar-refractivity contribution in [1.29, 1.82) is 0 Å². The Morgan fingerprint density at radius 1 is 1.44 bits per heavy atom. The number of aromatic hydroxyl groups is 1. The predicted octanol–water partition coefficient (Wildman–Crippen LogP) is 2.20. The van der Waals surface area contributed by atoms with Gasteiger partial charge in [-0.05, 0) is 12.1 Å². The fraction of sp³-hybridized carbons (Fsp3) is 0.333. The molecule has 0 aliphatic heterocycles. The third-order valence-electron chi connectivity index (χ3n) is 1.99. The number of phenols is 1. The van der Waals surface area contributed by atoms with E-state index in [9.17, 15) is 13.9 Å². The Labute approximate surface area is 106 Å². The second-order valence-corrected chi connectivity index (χ2v) is 4.02. The van der Waals surface area contributed by atoms with Gasteiger partial charge in [0.2, 0.25) is 0 Å². The van der Waals surface area contributed by atoms with E-state index in [1.165, 1.54) is 18.2 Å². The Balaban J connectivity index is 0.00000225. The van der Waals surface area contributed by atoms with E-state index in [1.807, 2.05) is 0 Å². The summed E-state index contributed by atoms with van der Waals surface area (Å²) in [4.78, 5) is 0. The van der Waals surface area contributed by atoms with Gasteiger partial charge in [0.1, 0.15) is 18.4 Å². The van der Waals surface area contributed by atoms with Gasteiger partial charge in [0, 0.05) is 10.0 Å². The molecule has 0 aromatic heterocycles. The van der Waals surface area contributed by atoms with Crippen LogP contribution in [0.15, 0.2) is 22.7 Å². The molecule has 7 heteroatoms. The van der Waals surface area contributed by atoms with E-state index in [1.54, 1.807) is 0 Å². The summed E-state index contributed by atoms with van der Waals surface area (Å²) >= 11 is 3.08. The molecule has 3 nitrogen and oxygen atoms in total. The van der Waals surface area contributed by atoms with Crippen molar-refractivity contribution in [1.82, 2.24) is 0 Å². The van der Waals surface area contributed by atoms with Crippen molar-refractivity contribution in [3.63, 3.8) is 0 Å². The maximum Gasteiger partial charge on any atom is 0.289 e. The number of aliphatic hydroxyl groups excluding tert-OH is 1. The third-order valence-corrected chi connectivity index (χ3v) is 2.49. The van der Waals surface area contributed by atoms with Gasteiger partial charge < -0.3 is 15.9 Å². The van der Waals surface area contributed by atoms with Gasteiger partial charge in [0.15, 0.2) is 0 Å². The van der Waals surface area contributed by atoms with Gasteiger partial charge in [0.05, 0.1) is 0 Å². The molecular weight excluding hydrogens is 307 g/mol. The number of aliphatic hydroxyl groups is 1. The van der Waals surface area contributed by atoms with Crippen LogP contribution in [0.25, 0.3) is 0 Å². The van der Waals surface area contributed by atoms with Crippen molar-refractivity contribution in [3.8, 4) is 5.75 Å². The van der Waals surface area contributed by atoms with E-state index in [-0.39, 0.29) is 23.7 Å².